The van der Waals surface area contributed by atoms with Crippen LogP contribution in [0.15, 0.2) is 30.9 Å². The summed E-state index contributed by atoms with van der Waals surface area (Å²) in [5, 5.41) is 0. The predicted octanol–water partition coefficient (Wildman–Crippen LogP) is 2.30. The van der Waals surface area contributed by atoms with Crippen LogP contribution < -0.4 is 4.90 Å². The third kappa shape index (κ3) is 2.87. The van der Waals surface area contributed by atoms with Crippen molar-refractivity contribution in [2.24, 2.45) is 0 Å². The Morgan fingerprint density at radius 1 is 1.15 bits per heavy atom. The van der Waals surface area contributed by atoms with E-state index in [1.165, 1.54) is 0 Å². The molecule has 0 aromatic carbocycles. The van der Waals surface area contributed by atoms with Gasteiger partial charge in [-0.2, -0.15) is 13.2 Å². The van der Waals surface area contributed by atoms with Gasteiger partial charge in [0.25, 0.3) is 5.91 Å². The highest BCUT2D eigenvalue weighted by Gasteiger charge is 2.48. The molecule has 136 valence electrons. The van der Waals surface area contributed by atoms with Gasteiger partial charge in [0.15, 0.2) is 0 Å². The first-order valence-electron chi connectivity index (χ1n) is 8.21. The van der Waals surface area contributed by atoms with Crippen LogP contribution in [0.3, 0.4) is 0 Å². The average molecular weight is 363 g/mol. The van der Waals surface area contributed by atoms with E-state index >= 15 is 0 Å². The highest BCUT2D eigenvalue weighted by atomic mass is 19.4. The van der Waals surface area contributed by atoms with E-state index in [1.54, 1.807) is 28.3 Å². The summed E-state index contributed by atoms with van der Waals surface area (Å²) in [6.07, 6.45) is 0.499. The van der Waals surface area contributed by atoms with Crippen molar-refractivity contribution >= 4 is 11.7 Å². The number of amides is 1. The number of carbonyl (C=O) groups excluding carboxylic acids is 1. The molecule has 6 nitrogen and oxygen atoms in total. The van der Waals surface area contributed by atoms with E-state index in [0.717, 1.165) is 24.4 Å². The number of nitrogens with zero attached hydrogens (tertiary/aromatic N) is 5. The van der Waals surface area contributed by atoms with E-state index < -0.39 is 11.9 Å². The SMILES string of the molecule is Cc1cncc(C(=O)N2C3CC2CN(c2cc(C(F)(F)F)ncn2)C3)c1. The average Bonchev–Trinajstić information content (AvgIpc) is 2.61. The number of hydrogen-bond donors (Lipinski definition) is 0. The topological polar surface area (TPSA) is 62.2 Å². The Kier molecular flexibility index (Phi) is 3.82. The molecule has 0 aliphatic carbocycles. The zero-order chi connectivity index (χ0) is 18.5. The minimum atomic E-state index is -4.50. The summed E-state index contributed by atoms with van der Waals surface area (Å²) in [5.74, 6) is 0.159. The molecule has 3 fully saturated rings. The monoisotopic (exact) mass is 363 g/mol. The van der Waals surface area contributed by atoms with Crippen molar-refractivity contribution in [1.82, 2.24) is 19.9 Å². The first kappa shape index (κ1) is 16.7. The molecule has 26 heavy (non-hydrogen) atoms. The number of anilines is 1. The van der Waals surface area contributed by atoms with Crippen LogP contribution in [0.4, 0.5) is 19.0 Å². The van der Waals surface area contributed by atoms with Crippen molar-refractivity contribution in [1.29, 1.82) is 0 Å². The molecule has 5 rings (SSSR count). The van der Waals surface area contributed by atoms with Crippen LogP contribution in [0.1, 0.15) is 28.0 Å². The van der Waals surface area contributed by atoms with E-state index in [4.69, 9.17) is 0 Å². The molecule has 3 aliphatic rings. The van der Waals surface area contributed by atoms with Crippen LogP contribution in [0, 0.1) is 6.92 Å². The molecule has 2 aromatic rings. The Labute approximate surface area is 147 Å². The molecule has 2 bridgehead atoms. The number of fused-ring (bicyclic) bond motifs is 2. The lowest BCUT2D eigenvalue weighted by Gasteiger charge is -2.56. The van der Waals surface area contributed by atoms with Gasteiger partial charge in [-0.25, -0.2) is 9.97 Å². The molecule has 2 atom stereocenters. The summed E-state index contributed by atoms with van der Waals surface area (Å²) in [6, 6.07) is 2.68. The number of carbonyl (C=O) groups is 1. The van der Waals surface area contributed by atoms with Gasteiger partial charge >= 0.3 is 6.18 Å². The summed E-state index contributed by atoms with van der Waals surface area (Å²) in [7, 11) is 0. The fourth-order valence-electron chi connectivity index (χ4n) is 3.62. The number of aryl methyl sites for hydroxylation is 1. The molecule has 0 saturated carbocycles. The molecule has 0 spiro atoms. The Morgan fingerprint density at radius 2 is 1.88 bits per heavy atom. The number of hydrogen-bond acceptors (Lipinski definition) is 5. The van der Waals surface area contributed by atoms with E-state index in [9.17, 15) is 18.0 Å². The number of aromatic nitrogens is 3. The Hall–Kier alpha value is -2.71. The Balaban J connectivity index is 1.50. The molecule has 9 heteroatoms. The maximum atomic E-state index is 12.8. The second-order valence-electron chi connectivity index (χ2n) is 6.67. The van der Waals surface area contributed by atoms with Crippen LogP contribution in [0.2, 0.25) is 0 Å². The first-order valence-corrected chi connectivity index (χ1v) is 8.21. The van der Waals surface area contributed by atoms with Gasteiger partial charge in [0, 0.05) is 31.5 Å². The fraction of sp³-hybridized carbons (Fsp3) is 0.412. The molecule has 2 unspecified atom stereocenters. The lowest BCUT2D eigenvalue weighted by Crippen LogP contribution is -2.70. The highest BCUT2D eigenvalue weighted by Crippen LogP contribution is 2.36. The summed E-state index contributed by atoms with van der Waals surface area (Å²) < 4.78 is 38.5. The van der Waals surface area contributed by atoms with Crippen LogP contribution in [0.25, 0.3) is 0 Å². The van der Waals surface area contributed by atoms with Gasteiger partial charge in [-0.1, -0.05) is 0 Å². The second kappa shape index (κ2) is 5.93. The fourth-order valence-corrected chi connectivity index (χ4v) is 3.62. The van der Waals surface area contributed by atoms with Crippen molar-refractivity contribution in [2.75, 3.05) is 18.0 Å². The molecule has 2 aromatic heterocycles. The van der Waals surface area contributed by atoms with Crippen molar-refractivity contribution in [3.8, 4) is 0 Å². The molecule has 1 amide bonds. The summed E-state index contributed by atoms with van der Waals surface area (Å²) >= 11 is 0. The lowest BCUT2D eigenvalue weighted by atomic mass is 9.86. The van der Waals surface area contributed by atoms with Gasteiger partial charge in [0.1, 0.15) is 17.8 Å². The number of alkyl halides is 3. The number of pyridine rings is 1. The quantitative estimate of drug-likeness (QED) is 0.819. The van der Waals surface area contributed by atoms with Gasteiger partial charge in [-0.15, -0.1) is 0 Å². The van der Waals surface area contributed by atoms with Crippen LogP contribution in [-0.4, -0.2) is 50.9 Å². The van der Waals surface area contributed by atoms with Crippen molar-refractivity contribution in [3.63, 3.8) is 0 Å². The van der Waals surface area contributed by atoms with Crippen LogP contribution >= 0.6 is 0 Å². The van der Waals surface area contributed by atoms with E-state index in [1.807, 2.05) is 6.92 Å². The molecule has 3 saturated heterocycles. The number of halogens is 3. The summed E-state index contributed by atoms with van der Waals surface area (Å²) in [6.45, 7) is 2.78. The van der Waals surface area contributed by atoms with Crippen LogP contribution in [0.5, 0.6) is 0 Å². The Morgan fingerprint density at radius 3 is 2.54 bits per heavy atom. The van der Waals surface area contributed by atoms with E-state index in [2.05, 4.69) is 15.0 Å². The van der Waals surface area contributed by atoms with E-state index in [-0.39, 0.29) is 23.8 Å². The normalized spacial score (nSPS) is 22.2. The van der Waals surface area contributed by atoms with Gasteiger partial charge in [-0.05, 0) is 25.0 Å². The number of piperazine rings is 1. The predicted molar refractivity (Wildman–Crippen MR) is 86.6 cm³/mol. The van der Waals surface area contributed by atoms with Gasteiger partial charge < -0.3 is 9.80 Å². The molecule has 5 heterocycles. The molecule has 0 N–H and O–H groups in total. The summed E-state index contributed by atoms with van der Waals surface area (Å²) in [5.41, 5.74) is 0.485. The third-order valence-electron chi connectivity index (χ3n) is 4.82. The largest absolute Gasteiger partial charge is 0.433 e. The minimum Gasteiger partial charge on any atom is -0.352 e. The zero-order valence-corrected chi connectivity index (χ0v) is 13.9. The molecule has 3 aliphatic heterocycles. The molecular formula is C17H16F3N5O. The maximum absolute atomic E-state index is 12.8. The smallest absolute Gasteiger partial charge is 0.352 e. The van der Waals surface area contributed by atoms with Gasteiger partial charge in [-0.3, -0.25) is 9.78 Å². The third-order valence-corrected chi connectivity index (χ3v) is 4.82. The first-order chi connectivity index (χ1) is 12.3. The van der Waals surface area contributed by atoms with Crippen molar-refractivity contribution in [3.05, 3.63) is 47.7 Å². The van der Waals surface area contributed by atoms with E-state index in [0.29, 0.717) is 18.7 Å². The standard InChI is InChI=1S/C17H16F3N5O/c1-10-2-11(6-21-5-10)16(26)25-12-3-13(25)8-24(7-12)15-4-14(17(18,19)20)22-9-23-15/h2,4-6,9,12-13H,3,7-8H2,1H3. The summed E-state index contributed by atoms with van der Waals surface area (Å²) in [4.78, 5) is 27.6. The molecular weight excluding hydrogens is 347 g/mol. The van der Waals surface area contributed by atoms with Crippen LogP contribution in [-0.2, 0) is 6.18 Å². The van der Waals surface area contributed by atoms with Crippen molar-refractivity contribution < 1.29 is 18.0 Å². The minimum absolute atomic E-state index is 0.0361. The lowest BCUT2D eigenvalue weighted by molar-refractivity contribution is -0.141. The zero-order valence-electron chi connectivity index (χ0n) is 13.9. The highest BCUT2D eigenvalue weighted by molar-refractivity contribution is 5.95. The second-order valence-corrected chi connectivity index (χ2v) is 6.67. The number of rotatable bonds is 2. The number of piperidine rings is 1. The maximum Gasteiger partial charge on any atom is 0.433 e. The Bertz CT molecular complexity index is 844. The van der Waals surface area contributed by atoms with Gasteiger partial charge in [0.05, 0.1) is 17.6 Å². The van der Waals surface area contributed by atoms with Crippen molar-refractivity contribution in [2.45, 2.75) is 31.6 Å². The molecule has 0 radical (unpaired) electrons. The van der Waals surface area contributed by atoms with Gasteiger partial charge in [0.2, 0.25) is 0 Å².